The Labute approximate surface area is 117 Å². The summed E-state index contributed by atoms with van der Waals surface area (Å²) in [5.74, 6) is 0.948. The van der Waals surface area contributed by atoms with E-state index in [9.17, 15) is 0 Å². The van der Waals surface area contributed by atoms with Crippen molar-refractivity contribution in [2.45, 2.75) is 71.9 Å². The van der Waals surface area contributed by atoms with E-state index in [0.717, 1.165) is 5.92 Å². The van der Waals surface area contributed by atoms with Crippen molar-refractivity contribution < 1.29 is 0 Å². The minimum absolute atomic E-state index is 0.390. The predicted octanol–water partition coefficient (Wildman–Crippen LogP) is 3.92. The molecule has 1 aromatic heterocycles. The molecule has 2 rings (SSSR count). The molecule has 1 atom stereocenters. The molecule has 0 radical (unpaired) electrons. The molecule has 108 valence electrons. The van der Waals surface area contributed by atoms with Gasteiger partial charge in [0.05, 0.1) is 11.7 Å². The van der Waals surface area contributed by atoms with Crippen LogP contribution in [0.1, 0.15) is 75.0 Å². The molecule has 0 saturated heterocycles. The van der Waals surface area contributed by atoms with Gasteiger partial charge in [-0.25, -0.2) is 0 Å². The first-order valence-electron chi connectivity index (χ1n) is 7.81. The molecule has 0 aliphatic heterocycles. The highest BCUT2D eigenvalue weighted by atomic mass is 15.3. The standard InChI is InChI=1S/C16H29N3/c1-6-14-7-9-15(10-8-14)19-13(4)16(11(2)17-5)12(3)18-19/h11,14-15,17H,6-10H2,1-5H3. The van der Waals surface area contributed by atoms with Crippen LogP contribution in [0.25, 0.3) is 0 Å². The molecule has 1 aliphatic carbocycles. The van der Waals surface area contributed by atoms with E-state index in [2.05, 4.69) is 37.7 Å². The van der Waals surface area contributed by atoms with Crippen LogP contribution < -0.4 is 5.32 Å². The maximum absolute atomic E-state index is 4.83. The molecule has 1 heterocycles. The molecule has 1 saturated carbocycles. The van der Waals surface area contributed by atoms with Gasteiger partial charge in [0.25, 0.3) is 0 Å². The van der Waals surface area contributed by atoms with Crippen molar-refractivity contribution >= 4 is 0 Å². The first-order valence-corrected chi connectivity index (χ1v) is 7.81. The molecule has 0 amide bonds. The summed E-state index contributed by atoms with van der Waals surface area (Å²) in [6.45, 7) is 8.91. The summed E-state index contributed by atoms with van der Waals surface area (Å²) in [7, 11) is 2.02. The van der Waals surface area contributed by atoms with Crippen LogP contribution in [0.2, 0.25) is 0 Å². The van der Waals surface area contributed by atoms with Crippen LogP contribution in [0.5, 0.6) is 0 Å². The van der Waals surface area contributed by atoms with Gasteiger partial charge in [-0.15, -0.1) is 0 Å². The van der Waals surface area contributed by atoms with E-state index in [1.807, 2.05) is 7.05 Å². The van der Waals surface area contributed by atoms with Gasteiger partial charge in [0.1, 0.15) is 0 Å². The van der Waals surface area contributed by atoms with Crippen molar-refractivity contribution in [2.24, 2.45) is 5.92 Å². The molecule has 3 nitrogen and oxygen atoms in total. The summed E-state index contributed by atoms with van der Waals surface area (Å²) in [6.07, 6.45) is 6.68. The molecule has 0 bridgehead atoms. The predicted molar refractivity (Wildman–Crippen MR) is 80.5 cm³/mol. The molecule has 1 aliphatic rings. The van der Waals surface area contributed by atoms with Crippen LogP contribution in [-0.2, 0) is 0 Å². The zero-order valence-electron chi connectivity index (χ0n) is 13.2. The molecule has 1 unspecified atom stereocenters. The van der Waals surface area contributed by atoms with Gasteiger partial charge in [-0.3, -0.25) is 4.68 Å². The molecule has 1 fully saturated rings. The lowest BCUT2D eigenvalue weighted by Gasteiger charge is -2.29. The van der Waals surface area contributed by atoms with Crippen molar-refractivity contribution in [1.29, 1.82) is 0 Å². The monoisotopic (exact) mass is 263 g/mol. The van der Waals surface area contributed by atoms with Crippen molar-refractivity contribution in [3.8, 4) is 0 Å². The van der Waals surface area contributed by atoms with Crippen molar-refractivity contribution in [2.75, 3.05) is 7.05 Å². The van der Waals surface area contributed by atoms with Crippen LogP contribution >= 0.6 is 0 Å². The summed E-state index contributed by atoms with van der Waals surface area (Å²) in [5, 5.41) is 8.17. The largest absolute Gasteiger partial charge is 0.313 e. The molecular formula is C16H29N3. The summed E-state index contributed by atoms with van der Waals surface area (Å²) < 4.78 is 2.31. The fourth-order valence-electron chi connectivity index (χ4n) is 3.60. The summed E-state index contributed by atoms with van der Waals surface area (Å²) in [6, 6.07) is 1.01. The zero-order valence-corrected chi connectivity index (χ0v) is 13.2. The minimum atomic E-state index is 0.390. The number of nitrogens with one attached hydrogen (secondary N) is 1. The zero-order chi connectivity index (χ0) is 14.0. The second-order valence-electron chi connectivity index (χ2n) is 6.12. The van der Waals surface area contributed by atoms with Crippen molar-refractivity contribution in [3.05, 3.63) is 17.0 Å². The Morgan fingerprint density at radius 1 is 1.26 bits per heavy atom. The highest BCUT2D eigenvalue weighted by molar-refractivity contribution is 5.28. The number of aromatic nitrogens is 2. The maximum Gasteiger partial charge on any atom is 0.0644 e. The van der Waals surface area contributed by atoms with E-state index in [1.165, 1.54) is 49.1 Å². The summed E-state index contributed by atoms with van der Waals surface area (Å²) in [4.78, 5) is 0. The Kier molecular flexibility index (Phi) is 4.67. The lowest BCUT2D eigenvalue weighted by molar-refractivity contribution is 0.253. The number of aryl methyl sites for hydroxylation is 1. The van der Waals surface area contributed by atoms with Gasteiger partial charge in [0.2, 0.25) is 0 Å². The Balaban J connectivity index is 2.18. The fraction of sp³-hybridized carbons (Fsp3) is 0.812. The average molecular weight is 263 g/mol. The van der Waals surface area contributed by atoms with Crippen LogP contribution in [0, 0.1) is 19.8 Å². The molecule has 3 heteroatoms. The number of hydrogen-bond donors (Lipinski definition) is 1. The van der Waals surface area contributed by atoms with Crippen LogP contribution in [-0.4, -0.2) is 16.8 Å². The summed E-state index contributed by atoms with van der Waals surface area (Å²) in [5.41, 5.74) is 3.94. The van der Waals surface area contributed by atoms with Crippen LogP contribution in [0.4, 0.5) is 0 Å². The van der Waals surface area contributed by atoms with Gasteiger partial charge in [-0.1, -0.05) is 13.3 Å². The number of rotatable bonds is 4. The topological polar surface area (TPSA) is 29.9 Å². The first-order chi connectivity index (χ1) is 9.08. The molecule has 1 aromatic rings. The lowest BCUT2D eigenvalue weighted by Crippen LogP contribution is -2.20. The second kappa shape index (κ2) is 6.08. The first kappa shape index (κ1) is 14.6. The summed E-state index contributed by atoms with van der Waals surface area (Å²) >= 11 is 0. The van der Waals surface area contributed by atoms with E-state index in [4.69, 9.17) is 5.10 Å². The molecular weight excluding hydrogens is 234 g/mol. The van der Waals surface area contributed by atoms with E-state index in [0.29, 0.717) is 12.1 Å². The van der Waals surface area contributed by atoms with Crippen LogP contribution in [0.15, 0.2) is 0 Å². The van der Waals surface area contributed by atoms with E-state index in [-0.39, 0.29) is 0 Å². The van der Waals surface area contributed by atoms with Gasteiger partial charge >= 0.3 is 0 Å². The maximum atomic E-state index is 4.83. The smallest absolute Gasteiger partial charge is 0.0644 e. The Hall–Kier alpha value is -0.830. The second-order valence-corrected chi connectivity index (χ2v) is 6.12. The highest BCUT2D eigenvalue weighted by Crippen LogP contribution is 2.35. The third-order valence-electron chi connectivity index (χ3n) is 4.99. The lowest BCUT2D eigenvalue weighted by atomic mass is 9.84. The average Bonchev–Trinajstić information content (AvgIpc) is 2.73. The normalized spacial score (nSPS) is 25.5. The minimum Gasteiger partial charge on any atom is -0.313 e. The third-order valence-corrected chi connectivity index (χ3v) is 4.99. The van der Waals surface area contributed by atoms with Crippen LogP contribution in [0.3, 0.4) is 0 Å². The van der Waals surface area contributed by atoms with E-state index >= 15 is 0 Å². The van der Waals surface area contributed by atoms with E-state index in [1.54, 1.807) is 0 Å². The van der Waals surface area contributed by atoms with E-state index < -0.39 is 0 Å². The Bertz CT molecular complexity index is 414. The van der Waals surface area contributed by atoms with Gasteiger partial charge in [0, 0.05) is 17.3 Å². The Morgan fingerprint density at radius 3 is 2.42 bits per heavy atom. The van der Waals surface area contributed by atoms with Gasteiger partial charge in [-0.05, 0) is 59.4 Å². The number of nitrogens with zero attached hydrogens (tertiary/aromatic N) is 2. The molecule has 0 aromatic carbocycles. The number of hydrogen-bond acceptors (Lipinski definition) is 2. The SMILES string of the molecule is CCC1CCC(n2nc(C)c(C(C)NC)c2C)CC1. The van der Waals surface area contributed by atoms with Gasteiger partial charge in [-0.2, -0.15) is 5.10 Å². The third kappa shape index (κ3) is 2.86. The molecule has 0 spiro atoms. The molecule has 1 N–H and O–H groups in total. The molecule has 19 heavy (non-hydrogen) atoms. The quantitative estimate of drug-likeness (QED) is 0.892. The van der Waals surface area contributed by atoms with Crippen molar-refractivity contribution in [1.82, 2.24) is 15.1 Å². The van der Waals surface area contributed by atoms with Crippen molar-refractivity contribution in [3.63, 3.8) is 0 Å². The highest BCUT2D eigenvalue weighted by Gasteiger charge is 2.25. The van der Waals surface area contributed by atoms with Gasteiger partial charge in [0.15, 0.2) is 0 Å². The fourth-order valence-corrected chi connectivity index (χ4v) is 3.60. The Morgan fingerprint density at radius 2 is 1.89 bits per heavy atom. The van der Waals surface area contributed by atoms with Gasteiger partial charge < -0.3 is 5.32 Å².